The molecule has 2 aromatic rings. The number of methoxy groups -OCH3 is 1. The zero-order valence-corrected chi connectivity index (χ0v) is 12.0. The molecule has 1 fully saturated rings. The lowest BCUT2D eigenvalue weighted by Crippen LogP contribution is -2.23. The minimum Gasteiger partial charge on any atom is -0.496 e. The molecular weight excluding hydrogens is 246 g/mol. The Morgan fingerprint density at radius 2 is 1.80 bits per heavy atom. The molecule has 3 rings (SSSR count). The Kier molecular flexibility index (Phi) is 4.03. The van der Waals surface area contributed by atoms with Crippen molar-refractivity contribution in [3.63, 3.8) is 0 Å². The largest absolute Gasteiger partial charge is 0.496 e. The fourth-order valence-corrected chi connectivity index (χ4v) is 3.13. The van der Waals surface area contributed by atoms with Gasteiger partial charge in [0.05, 0.1) is 7.11 Å². The van der Waals surface area contributed by atoms with Crippen LogP contribution in [0, 0.1) is 0 Å². The summed E-state index contributed by atoms with van der Waals surface area (Å²) in [6, 6.07) is 19.6. The second-order valence-corrected chi connectivity index (χ2v) is 5.36. The number of ether oxygens (including phenoxy) is 1. The second kappa shape index (κ2) is 6.10. The maximum Gasteiger partial charge on any atom is 0.123 e. The molecule has 0 unspecified atom stereocenters. The standard InChI is InChI=1S/C18H21NO/c1-20-18-12-6-5-10-16(18)17-11-7-13-19(17)14-15-8-3-2-4-9-15/h2-6,8-10,12,17H,7,11,13-14H2,1H3/t17-/m0/s1. The predicted molar refractivity (Wildman–Crippen MR) is 81.8 cm³/mol. The van der Waals surface area contributed by atoms with Gasteiger partial charge in [0, 0.05) is 18.2 Å². The SMILES string of the molecule is COc1ccccc1[C@@H]1CCCN1Cc1ccccc1. The molecule has 1 atom stereocenters. The molecule has 0 amide bonds. The van der Waals surface area contributed by atoms with Gasteiger partial charge in [-0.25, -0.2) is 0 Å². The topological polar surface area (TPSA) is 12.5 Å². The minimum atomic E-state index is 0.478. The number of nitrogens with zero attached hydrogens (tertiary/aromatic N) is 1. The molecule has 104 valence electrons. The fourth-order valence-electron chi connectivity index (χ4n) is 3.13. The van der Waals surface area contributed by atoms with E-state index in [1.165, 1.54) is 24.0 Å². The van der Waals surface area contributed by atoms with Crippen molar-refractivity contribution in [2.75, 3.05) is 13.7 Å². The molecule has 1 aliphatic heterocycles. The van der Waals surface area contributed by atoms with Gasteiger partial charge in [-0.3, -0.25) is 4.90 Å². The molecule has 0 saturated carbocycles. The Hall–Kier alpha value is -1.80. The molecule has 0 radical (unpaired) electrons. The van der Waals surface area contributed by atoms with Crippen molar-refractivity contribution in [3.8, 4) is 5.75 Å². The van der Waals surface area contributed by atoms with Crippen molar-refractivity contribution in [2.24, 2.45) is 0 Å². The van der Waals surface area contributed by atoms with Crippen molar-refractivity contribution in [1.82, 2.24) is 4.90 Å². The molecule has 2 heteroatoms. The summed E-state index contributed by atoms with van der Waals surface area (Å²) < 4.78 is 5.53. The van der Waals surface area contributed by atoms with Crippen LogP contribution in [0.2, 0.25) is 0 Å². The van der Waals surface area contributed by atoms with Crippen LogP contribution in [0.4, 0.5) is 0 Å². The molecule has 1 heterocycles. The lowest BCUT2D eigenvalue weighted by Gasteiger charge is -2.26. The van der Waals surface area contributed by atoms with E-state index < -0.39 is 0 Å². The predicted octanol–water partition coefficient (Wildman–Crippen LogP) is 4.03. The molecule has 0 N–H and O–H groups in total. The van der Waals surface area contributed by atoms with Crippen molar-refractivity contribution in [3.05, 3.63) is 65.7 Å². The van der Waals surface area contributed by atoms with E-state index in [2.05, 4.69) is 53.4 Å². The summed E-state index contributed by atoms with van der Waals surface area (Å²) in [5.41, 5.74) is 2.71. The number of hydrogen-bond donors (Lipinski definition) is 0. The number of para-hydroxylation sites is 1. The highest BCUT2D eigenvalue weighted by Crippen LogP contribution is 2.37. The van der Waals surface area contributed by atoms with Gasteiger partial charge in [-0.05, 0) is 31.0 Å². The normalized spacial score (nSPS) is 19.1. The van der Waals surface area contributed by atoms with E-state index in [1.807, 2.05) is 6.07 Å². The van der Waals surface area contributed by atoms with Crippen LogP contribution in [0.5, 0.6) is 5.75 Å². The average molecular weight is 267 g/mol. The third-order valence-electron chi connectivity index (χ3n) is 4.09. The van der Waals surface area contributed by atoms with Gasteiger partial charge in [0.2, 0.25) is 0 Å². The Bertz CT molecular complexity index is 552. The van der Waals surface area contributed by atoms with E-state index in [0.29, 0.717) is 6.04 Å². The second-order valence-electron chi connectivity index (χ2n) is 5.36. The van der Waals surface area contributed by atoms with Gasteiger partial charge in [0.15, 0.2) is 0 Å². The van der Waals surface area contributed by atoms with Gasteiger partial charge in [-0.15, -0.1) is 0 Å². The molecule has 2 aromatic carbocycles. The Morgan fingerprint density at radius 1 is 1.05 bits per heavy atom. The Labute approximate surface area is 121 Å². The summed E-state index contributed by atoms with van der Waals surface area (Å²) in [6.07, 6.45) is 2.47. The first-order valence-corrected chi connectivity index (χ1v) is 7.29. The summed E-state index contributed by atoms with van der Waals surface area (Å²) >= 11 is 0. The van der Waals surface area contributed by atoms with Gasteiger partial charge < -0.3 is 4.74 Å². The number of hydrogen-bond acceptors (Lipinski definition) is 2. The van der Waals surface area contributed by atoms with Crippen LogP contribution in [0.15, 0.2) is 54.6 Å². The summed E-state index contributed by atoms with van der Waals surface area (Å²) in [5.74, 6) is 1.01. The van der Waals surface area contributed by atoms with Crippen LogP contribution in [0.3, 0.4) is 0 Å². The van der Waals surface area contributed by atoms with Crippen LogP contribution in [-0.4, -0.2) is 18.6 Å². The lowest BCUT2D eigenvalue weighted by molar-refractivity contribution is 0.243. The zero-order chi connectivity index (χ0) is 13.8. The maximum absolute atomic E-state index is 5.53. The molecule has 0 spiro atoms. The van der Waals surface area contributed by atoms with Crippen molar-refractivity contribution in [1.29, 1.82) is 0 Å². The molecule has 1 saturated heterocycles. The van der Waals surface area contributed by atoms with Gasteiger partial charge in [-0.1, -0.05) is 48.5 Å². The summed E-state index contributed by atoms with van der Waals surface area (Å²) in [4.78, 5) is 2.56. The first kappa shape index (κ1) is 13.2. The van der Waals surface area contributed by atoms with E-state index in [4.69, 9.17) is 4.74 Å². The highest BCUT2D eigenvalue weighted by Gasteiger charge is 2.27. The van der Waals surface area contributed by atoms with E-state index in [9.17, 15) is 0 Å². The number of rotatable bonds is 4. The monoisotopic (exact) mass is 267 g/mol. The van der Waals surface area contributed by atoms with Crippen molar-refractivity contribution in [2.45, 2.75) is 25.4 Å². The summed E-state index contributed by atoms with van der Waals surface area (Å²) in [7, 11) is 1.76. The smallest absolute Gasteiger partial charge is 0.123 e. The maximum atomic E-state index is 5.53. The van der Waals surface area contributed by atoms with Crippen molar-refractivity contribution < 1.29 is 4.74 Å². The van der Waals surface area contributed by atoms with Crippen LogP contribution in [-0.2, 0) is 6.54 Å². The Morgan fingerprint density at radius 3 is 2.60 bits per heavy atom. The first-order chi connectivity index (χ1) is 9.88. The van der Waals surface area contributed by atoms with E-state index in [-0.39, 0.29) is 0 Å². The van der Waals surface area contributed by atoms with Crippen LogP contribution >= 0.6 is 0 Å². The van der Waals surface area contributed by atoms with E-state index in [1.54, 1.807) is 7.11 Å². The van der Waals surface area contributed by atoms with Crippen LogP contribution in [0.25, 0.3) is 0 Å². The average Bonchev–Trinajstić information content (AvgIpc) is 2.96. The minimum absolute atomic E-state index is 0.478. The summed E-state index contributed by atoms with van der Waals surface area (Å²) in [5, 5.41) is 0. The van der Waals surface area contributed by atoms with E-state index in [0.717, 1.165) is 18.8 Å². The van der Waals surface area contributed by atoms with Crippen LogP contribution in [0.1, 0.15) is 30.0 Å². The molecule has 20 heavy (non-hydrogen) atoms. The molecule has 0 aliphatic carbocycles. The first-order valence-electron chi connectivity index (χ1n) is 7.29. The Balaban J connectivity index is 1.82. The zero-order valence-electron chi connectivity index (χ0n) is 12.0. The third-order valence-corrected chi connectivity index (χ3v) is 4.09. The molecule has 0 aromatic heterocycles. The summed E-state index contributed by atoms with van der Waals surface area (Å²) in [6.45, 7) is 2.18. The molecule has 2 nitrogen and oxygen atoms in total. The quantitative estimate of drug-likeness (QED) is 0.829. The third kappa shape index (κ3) is 2.70. The lowest BCUT2D eigenvalue weighted by atomic mass is 10.0. The van der Waals surface area contributed by atoms with Crippen molar-refractivity contribution >= 4 is 0 Å². The fraction of sp³-hybridized carbons (Fsp3) is 0.333. The van der Waals surface area contributed by atoms with Gasteiger partial charge >= 0.3 is 0 Å². The molecule has 1 aliphatic rings. The molecule has 0 bridgehead atoms. The van der Waals surface area contributed by atoms with Gasteiger partial charge in [-0.2, -0.15) is 0 Å². The van der Waals surface area contributed by atoms with Crippen LogP contribution < -0.4 is 4.74 Å². The highest BCUT2D eigenvalue weighted by atomic mass is 16.5. The highest BCUT2D eigenvalue weighted by molar-refractivity contribution is 5.36. The number of benzene rings is 2. The van der Waals surface area contributed by atoms with Gasteiger partial charge in [0.1, 0.15) is 5.75 Å². The molecular formula is C18H21NO. The van der Waals surface area contributed by atoms with E-state index >= 15 is 0 Å². The van der Waals surface area contributed by atoms with Gasteiger partial charge in [0.25, 0.3) is 0 Å². The number of likely N-dealkylation sites (tertiary alicyclic amines) is 1.